The van der Waals surface area contributed by atoms with E-state index < -0.39 is 10.0 Å². The molecule has 2 aromatic carbocycles. The summed E-state index contributed by atoms with van der Waals surface area (Å²) in [5.74, 6) is 1.00. The van der Waals surface area contributed by atoms with Crippen LogP contribution in [0.2, 0.25) is 5.02 Å². The van der Waals surface area contributed by atoms with Gasteiger partial charge in [0.05, 0.1) is 20.5 Å². The first-order valence-corrected chi connectivity index (χ1v) is 11.8. The monoisotopic (exact) mass is 456 g/mol. The van der Waals surface area contributed by atoms with E-state index in [0.29, 0.717) is 16.5 Å². The van der Waals surface area contributed by atoms with Crippen molar-refractivity contribution in [2.75, 3.05) is 0 Å². The van der Waals surface area contributed by atoms with Gasteiger partial charge in [-0.25, -0.2) is 13.1 Å². The molecule has 8 heteroatoms. The predicted octanol–water partition coefficient (Wildman–Crippen LogP) is 5.73. The number of pyridine rings is 1. The molecule has 0 amide bonds. The lowest BCUT2D eigenvalue weighted by Crippen LogP contribution is -2.23. The fourth-order valence-electron chi connectivity index (χ4n) is 2.75. The number of halogens is 1. The molecule has 2 aromatic heterocycles. The normalized spacial score (nSPS) is 11.4. The molecule has 152 valence electrons. The van der Waals surface area contributed by atoms with Crippen molar-refractivity contribution in [3.63, 3.8) is 0 Å². The topological polar surface area (TPSA) is 68.3 Å². The summed E-state index contributed by atoms with van der Waals surface area (Å²) in [6.07, 6.45) is 1.68. The summed E-state index contributed by atoms with van der Waals surface area (Å²) in [6.45, 7) is 0.168. The van der Waals surface area contributed by atoms with E-state index in [9.17, 15) is 8.42 Å². The van der Waals surface area contributed by atoms with E-state index in [1.807, 2.05) is 35.7 Å². The van der Waals surface area contributed by atoms with Crippen molar-refractivity contribution in [3.05, 3.63) is 95.0 Å². The summed E-state index contributed by atoms with van der Waals surface area (Å²) in [6, 6.07) is 20.9. The third-order valence-electron chi connectivity index (χ3n) is 4.26. The van der Waals surface area contributed by atoms with Crippen LogP contribution in [0.4, 0.5) is 0 Å². The standard InChI is InChI=1S/C22H17ClN2O3S2/c23-19-4-1-2-5-21(19)28-17-7-9-18(10-8-17)30(26,27)25-15-16-11-12-24-20(14-16)22-6-3-13-29-22/h1-14,25H,15H2. The summed E-state index contributed by atoms with van der Waals surface area (Å²) in [5.41, 5.74) is 1.65. The lowest BCUT2D eigenvalue weighted by atomic mass is 10.2. The summed E-state index contributed by atoms with van der Waals surface area (Å²) in [4.78, 5) is 5.53. The molecule has 5 nitrogen and oxygen atoms in total. The number of para-hydroxylation sites is 1. The Bertz CT molecular complexity index is 1240. The molecule has 4 aromatic rings. The molecular weight excluding hydrogens is 440 g/mol. The fourth-order valence-corrected chi connectivity index (χ4v) is 4.63. The largest absolute Gasteiger partial charge is 0.456 e. The van der Waals surface area contributed by atoms with Gasteiger partial charge in [0.2, 0.25) is 10.0 Å². The minimum absolute atomic E-state index is 0.154. The summed E-state index contributed by atoms with van der Waals surface area (Å²) in [5, 5.41) is 2.46. The van der Waals surface area contributed by atoms with Crippen LogP contribution in [0.15, 0.2) is 89.3 Å². The third-order valence-corrected chi connectivity index (χ3v) is 6.88. The van der Waals surface area contributed by atoms with Crippen LogP contribution in [0.1, 0.15) is 5.56 Å². The molecule has 0 aliphatic rings. The molecular formula is C22H17ClN2O3S2. The number of hydrogen-bond donors (Lipinski definition) is 1. The number of thiophene rings is 1. The highest BCUT2D eigenvalue weighted by atomic mass is 35.5. The second kappa shape index (κ2) is 8.97. The van der Waals surface area contributed by atoms with Crippen molar-refractivity contribution in [3.8, 4) is 22.1 Å². The van der Waals surface area contributed by atoms with Gasteiger partial charge in [-0.2, -0.15) is 0 Å². The molecule has 0 unspecified atom stereocenters. The molecule has 0 aliphatic heterocycles. The number of nitrogens with one attached hydrogen (secondary N) is 1. The Hall–Kier alpha value is -2.71. The Labute approximate surface area is 184 Å². The van der Waals surface area contributed by atoms with Crippen LogP contribution in [-0.4, -0.2) is 13.4 Å². The number of nitrogens with zero attached hydrogens (tertiary/aromatic N) is 1. The molecule has 4 rings (SSSR count). The Morgan fingerprint density at radius 2 is 1.80 bits per heavy atom. The van der Waals surface area contributed by atoms with Crippen LogP contribution in [0.3, 0.4) is 0 Å². The molecule has 30 heavy (non-hydrogen) atoms. The number of benzene rings is 2. The van der Waals surface area contributed by atoms with Gasteiger partial charge in [0.15, 0.2) is 0 Å². The summed E-state index contributed by atoms with van der Waals surface area (Å²) < 4.78 is 33.6. The average molecular weight is 457 g/mol. The molecule has 0 radical (unpaired) electrons. The Kier molecular flexibility index (Phi) is 6.15. The van der Waals surface area contributed by atoms with Crippen LogP contribution < -0.4 is 9.46 Å². The number of ether oxygens (including phenoxy) is 1. The Balaban J connectivity index is 1.44. The maximum atomic E-state index is 12.7. The van der Waals surface area contributed by atoms with Gasteiger partial charge < -0.3 is 4.74 Å². The van der Waals surface area contributed by atoms with E-state index >= 15 is 0 Å². The first-order valence-electron chi connectivity index (χ1n) is 9.02. The Morgan fingerprint density at radius 1 is 1.00 bits per heavy atom. The average Bonchev–Trinajstić information content (AvgIpc) is 3.30. The molecule has 0 spiro atoms. The van der Waals surface area contributed by atoms with Crippen LogP contribution in [0.5, 0.6) is 11.5 Å². The zero-order chi connectivity index (χ0) is 21.0. The Morgan fingerprint density at radius 3 is 2.53 bits per heavy atom. The van der Waals surface area contributed by atoms with Crippen LogP contribution in [-0.2, 0) is 16.6 Å². The van der Waals surface area contributed by atoms with Gasteiger partial charge in [-0.05, 0) is 65.5 Å². The molecule has 0 aliphatic carbocycles. The molecule has 0 saturated carbocycles. The highest BCUT2D eigenvalue weighted by Crippen LogP contribution is 2.29. The van der Waals surface area contributed by atoms with Crippen molar-refractivity contribution in [1.29, 1.82) is 0 Å². The highest BCUT2D eigenvalue weighted by Gasteiger charge is 2.14. The number of aromatic nitrogens is 1. The van der Waals surface area contributed by atoms with Crippen LogP contribution in [0.25, 0.3) is 10.6 Å². The molecule has 0 bridgehead atoms. The molecule has 0 saturated heterocycles. The second-order valence-electron chi connectivity index (χ2n) is 6.36. The van der Waals surface area contributed by atoms with Gasteiger partial charge in [-0.15, -0.1) is 11.3 Å². The van der Waals surface area contributed by atoms with E-state index in [4.69, 9.17) is 16.3 Å². The fraction of sp³-hybridized carbons (Fsp3) is 0.0455. The van der Waals surface area contributed by atoms with E-state index in [1.54, 1.807) is 47.9 Å². The van der Waals surface area contributed by atoms with Crippen molar-refractivity contribution in [1.82, 2.24) is 9.71 Å². The molecule has 0 atom stereocenters. The van der Waals surface area contributed by atoms with E-state index in [0.717, 1.165) is 16.1 Å². The number of sulfonamides is 1. The van der Waals surface area contributed by atoms with Gasteiger partial charge in [-0.1, -0.05) is 29.8 Å². The first kappa shape index (κ1) is 20.6. The maximum Gasteiger partial charge on any atom is 0.240 e. The zero-order valence-corrected chi connectivity index (χ0v) is 18.0. The predicted molar refractivity (Wildman–Crippen MR) is 120 cm³/mol. The zero-order valence-electron chi connectivity index (χ0n) is 15.7. The van der Waals surface area contributed by atoms with E-state index in [1.165, 1.54) is 12.1 Å². The van der Waals surface area contributed by atoms with Crippen molar-refractivity contribution < 1.29 is 13.2 Å². The van der Waals surface area contributed by atoms with Crippen molar-refractivity contribution in [2.24, 2.45) is 0 Å². The lowest BCUT2D eigenvalue weighted by Gasteiger charge is -2.10. The first-order chi connectivity index (χ1) is 14.5. The number of hydrogen-bond acceptors (Lipinski definition) is 5. The van der Waals surface area contributed by atoms with Gasteiger partial charge in [0.25, 0.3) is 0 Å². The molecule has 1 N–H and O–H groups in total. The lowest BCUT2D eigenvalue weighted by molar-refractivity contribution is 0.482. The second-order valence-corrected chi connectivity index (χ2v) is 9.48. The molecule has 2 heterocycles. The number of rotatable bonds is 7. The van der Waals surface area contributed by atoms with Crippen molar-refractivity contribution >= 4 is 33.0 Å². The molecule has 0 fully saturated rings. The smallest absolute Gasteiger partial charge is 0.240 e. The SMILES string of the molecule is O=S(=O)(NCc1ccnc(-c2cccs2)c1)c1ccc(Oc2ccccc2Cl)cc1. The van der Waals surface area contributed by atoms with Gasteiger partial charge in [0.1, 0.15) is 11.5 Å². The minimum atomic E-state index is -3.67. The minimum Gasteiger partial charge on any atom is -0.456 e. The van der Waals surface area contributed by atoms with E-state index in [2.05, 4.69) is 9.71 Å². The van der Waals surface area contributed by atoms with Crippen LogP contribution in [0, 0.1) is 0 Å². The van der Waals surface area contributed by atoms with Crippen LogP contribution >= 0.6 is 22.9 Å². The highest BCUT2D eigenvalue weighted by molar-refractivity contribution is 7.89. The van der Waals surface area contributed by atoms with Gasteiger partial charge in [-0.3, -0.25) is 4.98 Å². The van der Waals surface area contributed by atoms with Gasteiger partial charge in [0, 0.05) is 12.7 Å². The third kappa shape index (κ3) is 4.88. The van der Waals surface area contributed by atoms with E-state index in [-0.39, 0.29) is 11.4 Å². The summed E-state index contributed by atoms with van der Waals surface area (Å²) in [7, 11) is -3.67. The van der Waals surface area contributed by atoms with Gasteiger partial charge >= 0.3 is 0 Å². The summed E-state index contributed by atoms with van der Waals surface area (Å²) >= 11 is 7.67. The van der Waals surface area contributed by atoms with Crippen molar-refractivity contribution in [2.45, 2.75) is 11.4 Å². The maximum absolute atomic E-state index is 12.7. The quantitative estimate of drug-likeness (QED) is 0.385.